The van der Waals surface area contributed by atoms with Gasteiger partial charge in [0.25, 0.3) is 0 Å². The van der Waals surface area contributed by atoms with E-state index in [1.807, 2.05) is 0 Å². The minimum absolute atomic E-state index is 0.149. The van der Waals surface area contributed by atoms with Crippen molar-refractivity contribution in [2.24, 2.45) is 9.98 Å². The van der Waals surface area contributed by atoms with Crippen LogP contribution < -0.4 is 10.7 Å². The molecule has 0 bridgehead atoms. The van der Waals surface area contributed by atoms with E-state index in [1.165, 1.54) is 30.5 Å². The first kappa shape index (κ1) is 37.2. The Balaban J connectivity index is 1.91. The number of aliphatic imine (C=N–C) groups is 2. The predicted molar refractivity (Wildman–Crippen MR) is 157 cm³/mol. The minimum atomic E-state index is -4.98. The SMILES string of the molecule is CC(C)=C1C=CC(C(C(=O)OCC(F)(F)F)=c2cc/c(=C(\C(=O)OCC(F)(F)F)c3ccc(/C(C(=O)OCC(F)(F)F)=C4/C=CC=N4)[nH]3)[nH]2)=N1. The molecule has 0 aliphatic carbocycles. The van der Waals surface area contributed by atoms with Gasteiger partial charge in [0.05, 0.1) is 39.2 Å². The number of aromatic nitrogens is 2. The summed E-state index contributed by atoms with van der Waals surface area (Å²) < 4.78 is 129. The highest BCUT2D eigenvalue weighted by atomic mass is 19.4. The average molecular weight is 719 g/mol. The fraction of sp³-hybridized carbons (Fsp3) is 0.258. The maximum atomic E-state index is 13.1. The number of carbonyl (C=O) groups is 3. The molecule has 4 rings (SSSR count). The molecule has 0 amide bonds. The standard InChI is InChI=1S/C31H23F9N4O6/c1-15(2)16-5-6-19(42-16)24(27(46)49-13-30(35,36)37)20-9-10-22(44-20)25(28(47)50-14-31(38,39)40)21-8-7-18(43-21)23(17-4-3-11-41-17)26(45)48-12-29(32,33)34/h3-11,43-44H,12-14H2,1-2H3/b23-17+,24-20?,25-22+. The van der Waals surface area contributed by atoms with Crippen molar-refractivity contribution in [1.82, 2.24) is 9.97 Å². The third-order valence-corrected chi connectivity index (χ3v) is 6.38. The number of allylic oxidation sites excluding steroid dienone is 5. The molecule has 19 heteroatoms. The van der Waals surface area contributed by atoms with Crippen molar-refractivity contribution >= 4 is 46.6 Å². The van der Waals surface area contributed by atoms with Crippen LogP contribution >= 0.6 is 0 Å². The van der Waals surface area contributed by atoms with E-state index in [0.717, 1.165) is 24.3 Å². The molecule has 4 heterocycles. The van der Waals surface area contributed by atoms with Crippen molar-refractivity contribution in [3.8, 4) is 0 Å². The summed E-state index contributed by atoms with van der Waals surface area (Å²) in [5, 5.41) is -0.623. The Morgan fingerprint density at radius 3 is 1.56 bits per heavy atom. The summed E-state index contributed by atoms with van der Waals surface area (Å²) in [5.41, 5.74) is -1.64. The van der Waals surface area contributed by atoms with Gasteiger partial charge in [-0.25, -0.2) is 19.4 Å². The number of H-pyrrole nitrogens is 2. The molecule has 0 unspecified atom stereocenters. The highest BCUT2D eigenvalue weighted by Crippen LogP contribution is 2.27. The number of nitrogens with one attached hydrogen (secondary N) is 2. The molecule has 0 radical (unpaired) electrons. The Morgan fingerprint density at radius 2 is 1.10 bits per heavy atom. The van der Waals surface area contributed by atoms with Crippen molar-refractivity contribution < 1.29 is 68.1 Å². The van der Waals surface area contributed by atoms with E-state index in [0.29, 0.717) is 11.3 Å². The molecular formula is C31H23F9N4O6. The normalized spacial score (nSPS) is 16.7. The number of halogens is 9. The maximum Gasteiger partial charge on any atom is 0.422 e. The first-order chi connectivity index (χ1) is 23.2. The lowest BCUT2D eigenvalue weighted by Gasteiger charge is -2.11. The smallest absolute Gasteiger partial charge is 0.422 e. The summed E-state index contributed by atoms with van der Waals surface area (Å²) in [5.74, 6) is -4.59. The number of hydrogen-bond donors (Lipinski definition) is 2. The van der Waals surface area contributed by atoms with Crippen LogP contribution in [-0.4, -0.2) is 78.2 Å². The van der Waals surface area contributed by atoms with Crippen LogP contribution in [-0.2, 0) is 28.6 Å². The van der Waals surface area contributed by atoms with E-state index in [4.69, 9.17) is 0 Å². The van der Waals surface area contributed by atoms with Crippen LogP contribution in [0.3, 0.4) is 0 Å². The summed E-state index contributed by atoms with van der Waals surface area (Å²) >= 11 is 0. The van der Waals surface area contributed by atoms with Crippen LogP contribution in [0.2, 0.25) is 0 Å². The minimum Gasteiger partial charge on any atom is -0.452 e. The van der Waals surface area contributed by atoms with Crippen molar-refractivity contribution in [1.29, 1.82) is 0 Å². The Labute approximate surface area is 274 Å². The second kappa shape index (κ2) is 14.5. The molecule has 2 aliphatic heterocycles. The highest BCUT2D eigenvalue weighted by molar-refractivity contribution is 6.44. The van der Waals surface area contributed by atoms with E-state index in [2.05, 4.69) is 34.2 Å². The first-order valence-corrected chi connectivity index (χ1v) is 14.0. The summed E-state index contributed by atoms with van der Waals surface area (Å²) in [6.07, 6.45) is -8.19. The molecule has 0 fully saturated rings. The number of esters is 3. The number of aromatic amines is 2. The predicted octanol–water partition coefficient (Wildman–Crippen LogP) is 4.67. The molecule has 50 heavy (non-hydrogen) atoms. The topological polar surface area (TPSA) is 135 Å². The van der Waals surface area contributed by atoms with Gasteiger partial charge < -0.3 is 24.2 Å². The molecule has 2 aliphatic rings. The largest absolute Gasteiger partial charge is 0.452 e. The zero-order valence-electron chi connectivity index (χ0n) is 25.6. The van der Waals surface area contributed by atoms with Gasteiger partial charge in [-0.3, -0.25) is 4.99 Å². The molecule has 0 atom stereocenters. The molecule has 2 aromatic rings. The molecule has 0 saturated carbocycles. The van der Waals surface area contributed by atoms with E-state index >= 15 is 0 Å². The number of nitrogens with zero attached hydrogens (tertiary/aromatic N) is 2. The third kappa shape index (κ3) is 9.73. The van der Waals surface area contributed by atoms with Crippen LogP contribution in [0.15, 0.2) is 75.5 Å². The van der Waals surface area contributed by atoms with Gasteiger partial charge in [-0.15, -0.1) is 0 Å². The fourth-order valence-electron chi connectivity index (χ4n) is 4.33. The lowest BCUT2D eigenvalue weighted by molar-refractivity contribution is -0.182. The molecule has 266 valence electrons. The molecule has 0 aromatic carbocycles. The van der Waals surface area contributed by atoms with Crippen LogP contribution in [0.4, 0.5) is 39.5 Å². The van der Waals surface area contributed by atoms with Gasteiger partial charge in [0.2, 0.25) is 0 Å². The van der Waals surface area contributed by atoms with Crippen molar-refractivity contribution in [3.05, 3.63) is 87.6 Å². The lowest BCUT2D eigenvalue weighted by Crippen LogP contribution is -2.29. The maximum absolute atomic E-state index is 13.1. The molecule has 0 spiro atoms. The zero-order valence-corrected chi connectivity index (χ0v) is 25.6. The summed E-state index contributed by atoms with van der Waals surface area (Å²) in [6.45, 7) is -2.64. The number of ether oxygens (including phenoxy) is 3. The van der Waals surface area contributed by atoms with Crippen molar-refractivity contribution in [2.75, 3.05) is 19.8 Å². The summed E-state index contributed by atoms with van der Waals surface area (Å²) in [4.78, 5) is 52.1. The van der Waals surface area contributed by atoms with Crippen molar-refractivity contribution in [2.45, 2.75) is 32.4 Å². The molecule has 2 aromatic heterocycles. The molecule has 10 nitrogen and oxygen atoms in total. The lowest BCUT2D eigenvalue weighted by atomic mass is 10.1. The van der Waals surface area contributed by atoms with E-state index in [-0.39, 0.29) is 33.5 Å². The van der Waals surface area contributed by atoms with Crippen LogP contribution in [0.25, 0.3) is 16.7 Å². The van der Waals surface area contributed by atoms with E-state index < -0.39 is 73.0 Å². The average Bonchev–Trinajstić information content (AvgIpc) is 3.83. The van der Waals surface area contributed by atoms with Gasteiger partial charge in [0, 0.05) is 6.21 Å². The monoisotopic (exact) mass is 718 g/mol. The van der Waals surface area contributed by atoms with Gasteiger partial charge in [-0.1, -0.05) is 5.57 Å². The van der Waals surface area contributed by atoms with Gasteiger partial charge in [-0.05, 0) is 62.4 Å². The van der Waals surface area contributed by atoms with Crippen molar-refractivity contribution in [3.63, 3.8) is 0 Å². The quantitative estimate of drug-likeness (QED) is 0.168. The van der Waals surface area contributed by atoms with Crippen LogP contribution in [0.5, 0.6) is 0 Å². The van der Waals surface area contributed by atoms with E-state index in [1.54, 1.807) is 13.8 Å². The third-order valence-electron chi connectivity index (χ3n) is 6.38. The Kier molecular flexibility index (Phi) is 10.8. The number of rotatable bonds is 9. The van der Waals surface area contributed by atoms with Crippen LogP contribution in [0, 0.1) is 0 Å². The fourth-order valence-corrected chi connectivity index (χ4v) is 4.33. The van der Waals surface area contributed by atoms with Crippen LogP contribution in [0.1, 0.15) is 25.2 Å². The molecule has 2 N–H and O–H groups in total. The Hall–Kier alpha value is -5.62. The van der Waals surface area contributed by atoms with Gasteiger partial charge in [0.1, 0.15) is 16.7 Å². The molecule has 0 saturated heterocycles. The van der Waals surface area contributed by atoms with Gasteiger partial charge in [-0.2, -0.15) is 39.5 Å². The van der Waals surface area contributed by atoms with Gasteiger partial charge in [0.15, 0.2) is 19.8 Å². The number of hydrogen-bond acceptors (Lipinski definition) is 8. The van der Waals surface area contributed by atoms with Gasteiger partial charge >= 0.3 is 36.4 Å². The second-order valence-electron chi connectivity index (χ2n) is 10.5. The van der Waals surface area contributed by atoms with E-state index in [9.17, 15) is 53.9 Å². The summed E-state index contributed by atoms with van der Waals surface area (Å²) in [7, 11) is 0. The summed E-state index contributed by atoms with van der Waals surface area (Å²) in [6, 6.07) is 4.36. The highest BCUT2D eigenvalue weighted by Gasteiger charge is 2.34. The Bertz CT molecular complexity index is 1980. The molecular weight excluding hydrogens is 695 g/mol. The first-order valence-electron chi connectivity index (χ1n) is 14.0. The Morgan fingerprint density at radius 1 is 0.620 bits per heavy atom. The number of carbonyl (C=O) groups excluding carboxylic acids is 3. The second-order valence-corrected chi connectivity index (χ2v) is 10.5. The zero-order chi connectivity index (χ0) is 37.0. The number of alkyl halides is 9.